The Morgan fingerprint density at radius 3 is 2.55 bits per heavy atom. The zero-order valence-electron chi connectivity index (χ0n) is 17.5. The number of piperazine rings is 1. The Hall–Kier alpha value is -3.58. The van der Waals surface area contributed by atoms with Gasteiger partial charge in [-0.3, -0.25) is 9.69 Å². The van der Waals surface area contributed by atoms with Crippen molar-refractivity contribution >= 4 is 17.8 Å². The number of carbonyl (C=O) groups excluding carboxylic acids is 1. The summed E-state index contributed by atoms with van der Waals surface area (Å²) in [5.41, 5.74) is 5.41. The van der Waals surface area contributed by atoms with Gasteiger partial charge in [-0.05, 0) is 42.0 Å². The molecule has 2 aromatic carbocycles. The molecule has 1 fully saturated rings. The minimum absolute atomic E-state index is 0.250. The lowest BCUT2D eigenvalue weighted by molar-refractivity contribution is 0.0955. The predicted molar refractivity (Wildman–Crippen MR) is 121 cm³/mol. The molecule has 1 aliphatic rings. The molecule has 0 unspecified atom stereocenters. The van der Waals surface area contributed by atoms with Gasteiger partial charge in [-0.15, -0.1) is 0 Å². The van der Waals surface area contributed by atoms with Crippen LogP contribution in [0.15, 0.2) is 76.4 Å². The van der Waals surface area contributed by atoms with Crippen LogP contribution in [0, 0.1) is 0 Å². The summed E-state index contributed by atoms with van der Waals surface area (Å²) in [4.78, 5) is 17.0. The molecule has 1 saturated heterocycles. The van der Waals surface area contributed by atoms with Crippen LogP contribution in [0.3, 0.4) is 0 Å². The molecule has 2 heterocycles. The molecule has 0 atom stereocenters. The molecular weight excluding hydrogens is 392 g/mol. The van der Waals surface area contributed by atoms with E-state index in [4.69, 9.17) is 9.15 Å². The summed E-state index contributed by atoms with van der Waals surface area (Å²) < 4.78 is 10.6. The zero-order chi connectivity index (χ0) is 21.5. The maximum Gasteiger partial charge on any atom is 0.271 e. The summed E-state index contributed by atoms with van der Waals surface area (Å²) in [6, 6.07) is 19.3. The highest BCUT2D eigenvalue weighted by atomic mass is 16.5. The molecule has 0 spiro atoms. The number of para-hydroxylation sites is 2. The summed E-state index contributed by atoms with van der Waals surface area (Å²) >= 11 is 0. The fourth-order valence-corrected chi connectivity index (χ4v) is 3.64. The van der Waals surface area contributed by atoms with Crippen molar-refractivity contribution in [3.8, 4) is 5.75 Å². The highest BCUT2D eigenvalue weighted by Crippen LogP contribution is 2.28. The largest absolute Gasteiger partial charge is 0.495 e. The molecule has 31 heavy (non-hydrogen) atoms. The zero-order valence-corrected chi connectivity index (χ0v) is 17.5. The number of anilines is 1. The molecule has 0 bridgehead atoms. The van der Waals surface area contributed by atoms with E-state index in [9.17, 15) is 4.79 Å². The molecule has 1 aliphatic heterocycles. The van der Waals surface area contributed by atoms with E-state index in [0.29, 0.717) is 11.3 Å². The number of ether oxygens (including phenoxy) is 1. The maximum atomic E-state index is 12.2. The monoisotopic (exact) mass is 418 g/mol. The topological polar surface area (TPSA) is 70.3 Å². The molecule has 160 valence electrons. The van der Waals surface area contributed by atoms with Crippen LogP contribution in [0.1, 0.15) is 21.7 Å². The first kappa shape index (κ1) is 20.7. The normalized spacial score (nSPS) is 14.7. The van der Waals surface area contributed by atoms with E-state index < -0.39 is 0 Å². The van der Waals surface area contributed by atoms with E-state index in [1.165, 1.54) is 11.8 Å². The molecule has 0 aliphatic carbocycles. The number of furan rings is 1. The number of nitrogens with one attached hydrogen (secondary N) is 1. The van der Waals surface area contributed by atoms with Crippen LogP contribution in [0.4, 0.5) is 5.69 Å². The van der Waals surface area contributed by atoms with Crippen LogP contribution in [-0.4, -0.2) is 50.3 Å². The van der Waals surface area contributed by atoms with Gasteiger partial charge in [0.2, 0.25) is 0 Å². The fraction of sp³-hybridized carbons (Fsp3) is 0.250. The van der Waals surface area contributed by atoms with E-state index in [2.05, 4.69) is 26.4 Å². The first-order chi connectivity index (χ1) is 15.2. The second-order valence-corrected chi connectivity index (χ2v) is 7.35. The van der Waals surface area contributed by atoms with Crippen molar-refractivity contribution in [2.45, 2.75) is 6.54 Å². The first-order valence-electron chi connectivity index (χ1n) is 10.3. The van der Waals surface area contributed by atoms with Gasteiger partial charge in [0.25, 0.3) is 5.91 Å². The summed E-state index contributed by atoms with van der Waals surface area (Å²) in [6.45, 7) is 4.71. The second-order valence-electron chi connectivity index (χ2n) is 7.35. The third-order valence-electron chi connectivity index (χ3n) is 5.32. The Balaban J connectivity index is 1.27. The number of benzene rings is 2. The number of hydrogen-bond acceptors (Lipinski definition) is 6. The standard InChI is InChI=1S/C24H26N4O3/c1-30-23-7-3-2-6-22(23)28-14-12-27(13-15-28)18-19-8-10-20(11-9-19)24(29)26-25-17-21-5-4-16-31-21/h2-11,16-17H,12-15,18H2,1H3,(H,26,29)/b25-17+. The van der Waals surface area contributed by atoms with E-state index in [0.717, 1.165) is 44.2 Å². The average molecular weight is 418 g/mol. The summed E-state index contributed by atoms with van der Waals surface area (Å²) in [5, 5.41) is 3.91. The predicted octanol–water partition coefficient (Wildman–Crippen LogP) is 3.37. The summed E-state index contributed by atoms with van der Waals surface area (Å²) in [6.07, 6.45) is 3.03. The SMILES string of the molecule is COc1ccccc1N1CCN(Cc2ccc(C(=O)N/N=C/c3ccco3)cc2)CC1. The van der Waals surface area contributed by atoms with Gasteiger partial charge in [-0.1, -0.05) is 24.3 Å². The number of rotatable bonds is 7. The molecule has 1 aromatic heterocycles. The molecule has 1 amide bonds. The third-order valence-corrected chi connectivity index (χ3v) is 5.32. The smallest absolute Gasteiger partial charge is 0.271 e. The van der Waals surface area contributed by atoms with Crippen LogP contribution in [0.2, 0.25) is 0 Å². The minimum atomic E-state index is -0.250. The molecular formula is C24H26N4O3. The van der Waals surface area contributed by atoms with Crippen molar-refractivity contribution in [1.82, 2.24) is 10.3 Å². The number of hydrazone groups is 1. The lowest BCUT2D eigenvalue weighted by Gasteiger charge is -2.36. The Morgan fingerprint density at radius 1 is 1.06 bits per heavy atom. The number of carbonyl (C=O) groups is 1. The van der Waals surface area contributed by atoms with Gasteiger partial charge < -0.3 is 14.1 Å². The third kappa shape index (κ3) is 5.32. The van der Waals surface area contributed by atoms with Gasteiger partial charge in [0.1, 0.15) is 11.5 Å². The fourth-order valence-electron chi connectivity index (χ4n) is 3.64. The van der Waals surface area contributed by atoms with Gasteiger partial charge in [-0.25, -0.2) is 5.43 Å². The van der Waals surface area contributed by atoms with Crippen LogP contribution in [0.5, 0.6) is 5.75 Å². The van der Waals surface area contributed by atoms with Crippen molar-refractivity contribution in [3.05, 3.63) is 83.8 Å². The molecule has 7 nitrogen and oxygen atoms in total. The highest BCUT2D eigenvalue weighted by molar-refractivity contribution is 5.94. The van der Waals surface area contributed by atoms with Gasteiger partial charge in [0.15, 0.2) is 0 Å². The van der Waals surface area contributed by atoms with Crippen molar-refractivity contribution in [2.75, 3.05) is 38.2 Å². The number of amides is 1. The van der Waals surface area contributed by atoms with Crippen LogP contribution < -0.4 is 15.1 Å². The minimum Gasteiger partial charge on any atom is -0.495 e. The average Bonchev–Trinajstić information content (AvgIpc) is 3.33. The maximum absolute atomic E-state index is 12.2. The van der Waals surface area contributed by atoms with E-state index in [1.807, 2.05) is 42.5 Å². The lowest BCUT2D eigenvalue weighted by Crippen LogP contribution is -2.46. The van der Waals surface area contributed by atoms with Crippen molar-refractivity contribution in [2.24, 2.45) is 5.10 Å². The van der Waals surface area contributed by atoms with E-state index >= 15 is 0 Å². The summed E-state index contributed by atoms with van der Waals surface area (Å²) in [5.74, 6) is 1.25. The van der Waals surface area contributed by atoms with Gasteiger partial charge in [0.05, 0.1) is 25.3 Å². The lowest BCUT2D eigenvalue weighted by atomic mass is 10.1. The molecule has 0 saturated carbocycles. The highest BCUT2D eigenvalue weighted by Gasteiger charge is 2.19. The molecule has 4 rings (SSSR count). The summed E-state index contributed by atoms with van der Waals surface area (Å²) in [7, 11) is 1.71. The molecule has 7 heteroatoms. The Labute approximate surface area is 181 Å². The second kappa shape index (κ2) is 9.95. The van der Waals surface area contributed by atoms with Gasteiger partial charge in [0, 0.05) is 38.3 Å². The molecule has 3 aromatic rings. The van der Waals surface area contributed by atoms with Crippen molar-refractivity contribution in [1.29, 1.82) is 0 Å². The Bertz CT molecular complexity index is 1010. The van der Waals surface area contributed by atoms with Crippen LogP contribution >= 0.6 is 0 Å². The Kier molecular flexibility index (Phi) is 6.64. The Morgan fingerprint density at radius 2 is 1.84 bits per heavy atom. The van der Waals surface area contributed by atoms with Crippen molar-refractivity contribution in [3.63, 3.8) is 0 Å². The number of nitrogens with zero attached hydrogens (tertiary/aromatic N) is 3. The molecule has 0 radical (unpaired) electrons. The molecule has 1 N–H and O–H groups in total. The number of hydrogen-bond donors (Lipinski definition) is 1. The number of methoxy groups -OCH3 is 1. The van der Waals surface area contributed by atoms with E-state index in [-0.39, 0.29) is 5.91 Å². The van der Waals surface area contributed by atoms with Crippen LogP contribution in [-0.2, 0) is 6.54 Å². The van der Waals surface area contributed by atoms with Gasteiger partial charge in [-0.2, -0.15) is 5.10 Å². The van der Waals surface area contributed by atoms with Crippen molar-refractivity contribution < 1.29 is 13.9 Å². The quantitative estimate of drug-likeness (QED) is 0.471. The van der Waals surface area contributed by atoms with E-state index in [1.54, 1.807) is 25.5 Å². The van der Waals surface area contributed by atoms with Gasteiger partial charge >= 0.3 is 0 Å². The van der Waals surface area contributed by atoms with Crippen LogP contribution in [0.25, 0.3) is 0 Å². The first-order valence-corrected chi connectivity index (χ1v) is 10.3.